The Morgan fingerprint density at radius 2 is 1.89 bits per heavy atom. The van der Waals surface area contributed by atoms with Crippen molar-refractivity contribution in [1.29, 1.82) is 0 Å². The molecule has 3 heteroatoms. The maximum absolute atomic E-state index is 5.43. The van der Waals surface area contributed by atoms with Crippen molar-refractivity contribution in [3.63, 3.8) is 0 Å². The van der Waals surface area contributed by atoms with E-state index in [9.17, 15) is 0 Å². The molecule has 0 aliphatic carbocycles. The van der Waals surface area contributed by atoms with Gasteiger partial charge in [-0.25, -0.2) is 0 Å². The summed E-state index contributed by atoms with van der Waals surface area (Å²) in [5.74, 6) is 0. The van der Waals surface area contributed by atoms with Crippen LogP contribution in [0.5, 0.6) is 0 Å². The molecule has 3 nitrogen and oxygen atoms in total. The first kappa shape index (κ1) is 15.9. The van der Waals surface area contributed by atoms with Gasteiger partial charge in [-0.1, -0.05) is 26.7 Å². The van der Waals surface area contributed by atoms with Crippen molar-refractivity contribution in [1.82, 2.24) is 10.2 Å². The molecular weight excluding hydrogens is 224 g/mol. The predicted molar refractivity (Wildman–Crippen MR) is 78.1 cm³/mol. The number of nitrogens with one attached hydrogen (secondary N) is 1. The molecule has 1 aliphatic heterocycles. The number of hydrogen-bond donors (Lipinski definition) is 1. The van der Waals surface area contributed by atoms with Crippen LogP contribution in [0.25, 0.3) is 0 Å². The van der Waals surface area contributed by atoms with Crippen molar-refractivity contribution in [2.45, 2.75) is 65.0 Å². The first-order valence-corrected chi connectivity index (χ1v) is 7.66. The van der Waals surface area contributed by atoms with E-state index < -0.39 is 0 Å². The molecule has 1 N–H and O–H groups in total. The minimum Gasteiger partial charge on any atom is -0.379 e. The van der Waals surface area contributed by atoms with Crippen LogP contribution >= 0.6 is 0 Å². The normalized spacial score (nSPS) is 20.0. The van der Waals surface area contributed by atoms with E-state index >= 15 is 0 Å². The molecule has 1 saturated heterocycles. The zero-order valence-corrected chi connectivity index (χ0v) is 12.8. The number of unbranched alkanes of at least 4 members (excludes halogenated alkanes) is 1. The number of rotatable bonds is 8. The number of nitrogens with zero attached hydrogens (tertiary/aromatic N) is 1. The van der Waals surface area contributed by atoms with E-state index in [0.29, 0.717) is 6.04 Å². The van der Waals surface area contributed by atoms with Gasteiger partial charge in [-0.3, -0.25) is 4.90 Å². The third-order valence-corrected chi connectivity index (χ3v) is 4.09. The number of hydrogen-bond acceptors (Lipinski definition) is 3. The SMILES string of the molecule is CCCCC(CC)NCC(C)(C)N1CCOCC1. The lowest BCUT2D eigenvalue weighted by molar-refractivity contribution is -0.0105. The van der Waals surface area contributed by atoms with Crippen LogP contribution in [-0.2, 0) is 4.74 Å². The maximum atomic E-state index is 5.43. The summed E-state index contributed by atoms with van der Waals surface area (Å²) in [5, 5.41) is 3.76. The number of ether oxygens (including phenoxy) is 1. The molecule has 1 fully saturated rings. The van der Waals surface area contributed by atoms with Crippen molar-refractivity contribution in [2.24, 2.45) is 0 Å². The minimum atomic E-state index is 0.239. The Bertz CT molecular complexity index is 213. The van der Waals surface area contributed by atoms with Gasteiger partial charge in [0.1, 0.15) is 0 Å². The van der Waals surface area contributed by atoms with Crippen LogP contribution in [-0.4, -0.2) is 49.3 Å². The summed E-state index contributed by atoms with van der Waals surface area (Å²) >= 11 is 0. The van der Waals surface area contributed by atoms with E-state index in [1.807, 2.05) is 0 Å². The Morgan fingerprint density at radius 3 is 2.44 bits per heavy atom. The zero-order valence-electron chi connectivity index (χ0n) is 12.8. The van der Waals surface area contributed by atoms with Crippen LogP contribution in [0.4, 0.5) is 0 Å². The van der Waals surface area contributed by atoms with Crippen LogP contribution in [0.3, 0.4) is 0 Å². The molecule has 0 bridgehead atoms. The molecule has 0 saturated carbocycles. The summed E-state index contributed by atoms with van der Waals surface area (Å²) in [6.45, 7) is 14.2. The van der Waals surface area contributed by atoms with Crippen molar-refractivity contribution in [2.75, 3.05) is 32.8 Å². The molecule has 1 unspecified atom stereocenters. The van der Waals surface area contributed by atoms with Crippen LogP contribution in [0.2, 0.25) is 0 Å². The zero-order chi connectivity index (χ0) is 13.4. The molecule has 1 aliphatic rings. The molecule has 0 amide bonds. The molecule has 0 spiro atoms. The highest BCUT2D eigenvalue weighted by molar-refractivity contribution is 4.86. The van der Waals surface area contributed by atoms with E-state index in [2.05, 4.69) is 37.9 Å². The Hall–Kier alpha value is -0.120. The van der Waals surface area contributed by atoms with Gasteiger partial charge in [0.15, 0.2) is 0 Å². The quantitative estimate of drug-likeness (QED) is 0.722. The highest BCUT2D eigenvalue weighted by Crippen LogP contribution is 2.16. The average Bonchev–Trinajstić information content (AvgIpc) is 2.40. The highest BCUT2D eigenvalue weighted by Gasteiger charge is 2.28. The summed E-state index contributed by atoms with van der Waals surface area (Å²) in [7, 11) is 0. The second kappa shape index (κ2) is 8.13. The van der Waals surface area contributed by atoms with Gasteiger partial charge in [-0.2, -0.15) is 0 Å². The van der Waals surface area contributed by atoms with Crippen molar-refractivity contribution >= 4 is 0 Å². The van der Waals surface area contributed by atoms with Crippen LogP contribution < -0.4 is 5.32 Å². The topological polar surface area (TPSA) is 24.5 Å². The standard InChI is InChI=1S/C15H32N2O/c1-5-7-8-14(6-2)16-13-15(3,4)17-9-11-18-12-10-17/h14,16H,5-13H2,1-4H3. The average molecular weight is 256 g/mol. The lowest BCUT2D eigenvalue weighted by Crippen LogP contribution is -2.55. The minimum absolute atomic E-state index is 0.239. The van der Waals surface area contributed by atoms with E-state index in [-0.39, 0.29) is 5.54 Å². The molecule has 1 atom stereocenters. The Labute approximate surface area is 113 Å². The second-order valence-electron chi connectivity index (χ2n) is 6.04. The molecular formula is C15H32N2O. The summed E-state index contributed by atoms with van der Waals surface area (Å²) in [6, 6.07) is 0.685. The van der Waals surface area contributed by atoms with Gasteiger partial charge in [0.25, 0.3) is 0 Å². The molecule has 18 heavy (non-hydrogen) atoms. The van der Waals surface area contributed by atoms with Crippen molar-refractivity contribution in [3.05, 3.63) is 0 Å². The molecule has 108 valence electrons. The van der Waals surface area contributed by atoms with Gasteiger partial charge in [0.2, 0.25) is 0 Å². The Balaban J connectivity index is 2.33. The van der Waals surface area contributed by atoms with Crippen LogP contribution in [0.15, 0.2) is 0 Å². The third-order valence-electron chi connectivity index (χ3n) is 4.09. The molecule has 0 aromatic rings. The second-order valence-corrected chi connectivity index (χ2v) is 6.04. The molecule has 1 heterocycles. The Morgan fingerprint density at radius 1 is 1.22 bits per heavy atom. The van der Waals surface area contributed by atoms with Gasteiger partial charge >= 0.3 is 0 Å². The van der Waals surface area contributed by atoms with Gasteiger partial charge in [-0.15, -0.1) is 0 Å². The smallest absolute Gasteiger partial charge is 0.0594 e. The third kappa shape index (κ3) is 5.25. The molecule has 0 radical (unpaired) electrons. The summed E-state index contributed by atoms with van der Waals surface area (Å²) in [4.78, 5) is 2.55. The van der Waals surface area contributed by atoms with Gasteiger partial charge in [-0.05, 0) is 26.7 Å². The fraction of sp³-hybridized carbons (Fsp3) is 1.00. The summed E-state index contributed by atoms with van der Waals surface area (Å²) < 4.78 is 5.43. The Kier molecular flexibility index (Phi) is 7.20. The van der Waals surface area contributed by atoms with Crippen molar-refractivity contribution in [3.8, 4) is 0 Å². The maximum Gasteiger partial charge on any atom is 0.0594 e. The largest absolute Gasteiger partial charge is 0.379 e. The van der Waals surface area contributed by atoms with E-state index in [4.69, 9.17) is 4.74 Å². The number of morpholine rings is 1. The van der Waals surface area contributed by atoms with Gasteiger partial charge in [0.05, 0.1) is 13.2 Å². The van der Waals surface area contributed by atoms with E-state index in [0.717, 1.165) is 32.8 Å². The molecule has 1 rings (SSSR count). The highest BCUT2D eigenvalue weighted by atomic mass is 16.5. The summed E-state index contributed by atoms with van der Waals surface area (Å²) in [6.07, 6.45) is 5.18. The molecule has 0 aromatic carbocycles. The summed E-state index contributed by atoms with van der Waals surface area (Å²) in [5.41, 5.74) is 0.239. The van der Waals surface area contributed by atoms with Gasteiger partial charge in [0, 0.05) is 31.2 Å². The van der Waals surface area contributed by atoms with Crippen LogP contribution in [0.1, 0.15) is 53.4 Å². The fourth-order valence-electron chi connectivity index (χ4n) is 2.58. The lowest BCUT2D eigenvalue weighted by Gasteiger charge is -2.41. The monoisotopic (exact) mass is 256 g/mol. The molecule has 0 aromatic heterocycles. The first-order chi connectivity index (χ1) is 8.60. The lowest BCUT2D eigenvalue weighted by atomic mass is 10.00. The predicted octanol–water partition coefficient (Wildman–Crippen LogP) is 2.66. The van der Waals surface area contributed by atoms with Crippen molar-refractivity contribution < 1.29 is 4.74 Å². The fourth-order valence-corrected chi connectivity index (χ4v) is 2.58. The van der Waals surface area contributed by atoms with E-state index in [1.54, 1.807) is 0 Å². The first-order valence-electron chi connectivity index (χ1n) is 7.66. The van der Waals surface area contributed by atoms with Gasteiger partial charge < -0.3 is 10.1 Å². The van der Waals surface area contributed by atoms with Crippen LogP contribution in [0, 0.1) is 0 Å². The van der Waals surface area contributed by atoms with E-state index in [1.165, 1.54) is 25.7 Å².